The fourth-order valence-electron chi connectivity index (χ4n) is 2.46. The molecule has 0 aromatic heterocycles. The van der Waals surface area contributed by atoms with Crippen LogP contribution in [0.25, 0.3) is 11.1 Å². The maximum absolute atomic E-state index is 6.49. The Morgan fingerprint density at radius 3 is 2.55 bits per heavy atom. The van der Waals surface area contributed by atoms with Crippen LogP contribution in [0.1, 0.15) is 29.5 Å². The highest BCUT2D eigenvalue weighted by Gasteiger charge is 2.20. The van der Waals surface area contributed by atoms with E-state index in [1.54, 1.807) is 0 Å². The quantitative estimate of drug-likeness (QED) is 0.844. The van der Waals surface area contributed by atoms with Crippen LogP contribution in [0.3, 0.4) is 0 Å². The second-order valence-corrected chi connectivity index (χ2v) is 6.19. The van der Waals surface area contributed by atoms with Crippen molar-refractivity contribution in [2.45, 2.75) is 39.3 Å². The SMILES string of the molecule is Cc1ccc(C)c(-c2ccc(CNC3CC3)cc2Cl)c1. The molecule has 0 unspecified atom stereocenters. The lowest BCUT2D eigenvalue weighted by Crippen LogP contribution is -2.15. The number of nitrogens with one attached hydrogen (secondary N) is 1. The van der Waals surface area contributed by atoms with Crippen molar-refractivity contribution >= 4 is 11.6 Å². The first kappa shape index (κ1) is 13.7. The molecule has 3 rings (SSSR count). The number of benzene rings is 2. The lowest BCUT2D eigenvalue weighted by molar-refractivity contribution is 0.688. The van der Waals surface area contributed by atoms with Gasteiger partial charge in [0.25, 0.3) is 0 Å². The lowest BCUT2D eigenvalue weighted by atomic mass is 9.97. The predicted octanol–water partition coefficient (Wildman–Crippen LogP) is 4.88. The highest BCUT2D eigenvalue weighted by molar-refractivity contribution is 6.33. The third kappa shape index (κ3) is 3.05. The van der Waals surface area contributed by atoms with Crippen LogP contribution in [0.2, 0.25) is 5.02 Å². The summed E-state index contributed by atoms with van der Waals surface area (Å²) in [4.78, 5) is 0. The Kier molecular flexibility index (Phi) is 3.82. The Labute approximate surface area is 126 Å². The van der Waals surface area contributed by atoms with E-state index in [1.165, 1.54) is 35.1 Å². The summed E-state index contributed by atoms with van der Waals surface area (Å²) in [6.07, 6.45) is 2.63. The van der Waals surface area contributed by atoms with Gasteiger partial charge in [0, 0.05) is 23.2 Å². The van der Waals surface area contributed by atoms with Gasteiger partial charge >= 0.3 is 0 Å². The third-order valence-corrected chi connectivity index (χ3v) is 4.20. The maximum Gasteiger partial charge on any atom is 0.0487 e. The average molecular weight is 286 g/mol. The molecule has 20 heavy (non-hydrogen) atoms. The maximum atomic E-state index is 6.49. The van der Waals surface area contributed by atoms with Crippen LogP contribution in [0.4, 0.5) is 0 Å². The molecule has 2 aromatic rings. The van der Waals surface area contributed by atoms with Crippen LogP contribution in [0.15, 0.2) is 36.4 Å². The van der Waals surface area contributed by atoms with Gasteiger partial charge in [0.05, 0.1) is 0 Å². The summed E-state index contributed by atoms with van der Waals surface area (Å²) in [7, 11) is 0. The highest BCUT2D eigenvalue weighted by atomic mass is 35.5. The van der Waals surface area contributed by atoms with E-state index in [9.17, 15) is 0 Å². The molecule has 104 valence electrons. The number of rotatable bonds is 4. The van der Waals surface area contributed by atoms with E-state index in [4.69, 9.17) is 11.6 Å². The topological polar surface area (TPSA) is 12.0 Å². The Morgan fingerprint density at radius 1 is 1.05 bits per heavy atom. The summed E-state index contributed by atoms with van der Waals surface area (Å²) in [6.45, 7) is 5.16. The average Bonchev–Trinajstić information content (AvgIpc) is 3.24. The molecule has 0 radical (unpaired) electrons. The van der Waals surface area contributed by atoms with Gasteiger partial charge in [0.15, 0.2) is 0 Å². The summed E-state index contributed by atoms with van der Waals surface area (Å²) in [5.74, 6) is 0. The molecule has 1 fully saturated rings. The minimum Gasteiger partial charge on any atom is -0.310 e. The predicted molar refractivity (Wildman–Crippen MR) is 86.2 cm³/mol. The van der Waals surface area contributed by atoms with Crippen molar-refractivity contribution < 1.29 is 0 Å². The molecule has 1 N–H and O–H groups in total. The second kappa shape index (κ2) is 5.59. The van der Waals surface area contributed by atoms with Crippen LogP contribution in [-0.4, -0.2) is 6.04 Å². The third-order valence-electron chi connectivity index (χ3n) is 3.89. The minimum atomic E-state index is 0.729. The monoisotopic (exact) mass is 285 g/mol. The van der Waals surface area contributed by atoms with Gasteiger partial charge in [-0.25, -0.2) is 0 Å². The van der Waals surface area contributed by atoms with Crippen LogP contribution >= 0.6 is 11.6 Å². The summed E-state index contributed by atoms with van der Waals surface area (Å²) in [6, 6.07) is 13.6. The van der Waals surface area contributed by atoms with Gasteiger partial charge in [0.1, 0.15) is 0 Å². The molecule has 0 heterocycles. The molecule has 1 nitrogen and oxygen atoms in total. The van der Waals surface area contributed by atoms with Crippen molar-refractivity contribution in [2.75, 3.05) is 0 Å². The van der Waals surface area contributed by atoms with Crippen LogP contribution in [0, 0.1) is 13.8 Å². The van der Waals surface area contributed by atoms with Gasteiger partial charge in [-0.3, -0.25) is 0 Å². The molecule has 1 saturated carbocycles. The first-order chi connectivity index (χ1) is 9.63. The molecule has 0 spiro atoms. The van der Waals surface area contributed by atoms with Gasteiger partial charge in [-0.2, -0.15) is 0 Å². The van der Waals surface area contributed by atoms with Crippen LogP contribution < -0.4 is 5.32 Å². The van der Waals surface area contributed by atoms with Crippen LogP contribution in [0.5, 0.6) is 0 Å². The standard InChI is InChI=1S/C18H20ClN/c1-12-3-4-13(2)17(9-12)16-8-5-14(10-18(16)19)11-20-15-6-7-15/h3-5,8-10,15,20H,6-7,11H2,1-2H3. The molecule has 0 saturated heterocycles. The van der Waals surface area contributed by atoms with Gasteiger partial charge < -0.3 is 5.32 Å². The zero-order chi connectivity index (χ0) is 14.1. The number of halogens is 1. The van der Waals surface area contributed by atoms with Crippen LogP contribution in [-0.2, 0) is 6.54 Å². The molecule has 2 heteroatoms. The van der Waals surface area contributed by atoms with Crippen molar-refractivity contribution in [3.05, 3.63) is 58.1 Å². The van der Waals surface area contributed by atoms with Crippen molar-refractivity contribution in [1.82, 2.24) is 5.32 Å². The largest absolute Gasteiger partial charge is 0.310 e. The van der Waals surface area contributed by atoms with E-state index in [0.717, 1.165) is 23.2 Å². The zero-order valence-electron chi connectivity index (χ0n) is 12.0. The molecule has 0 amide bonds. The molecular formula is C18H20ClN. The van der Waals surface area contributed by atoms with Crippen molar-refractivity contribution in [2.24, 2.45) is 0 Å². The van der Waals surface area contributed by atoms with E-state index in [2.05, 4.69) is 55.6 Å². The van der Waals surface area contributed by atoms with E-state index >= 15 is 0 Å². The first-order valence-electron chi connectivity index (χ1n) is 7.23. The van der Waals surface area contributed by atoms with Gasteiger partial charge in [0.2, 0.25) is 0 Å². The van der Waals surface area contributed by atoms with E-state index < -0.39 is 0 Å². The van der Waals surface area contributed by atoms with Crippen molar-refractivity contribution in [3.8, 4) is 11.1 Å². The van der Waals surface area contributed by atoms with E-state index in [-0.39, 0.29) is 0 Å². The summed E-state index contributed by atoms with van der Waals surface area (Å²) >= 11 is 6.49. The number of hydrogen-bond acceptors (Lipinski definition) is 1. The summed E-state index contributed by atoms with van der Waals surface area (Å²) in [5.41, 5.74) is 6.15. The smallest absolute Gasteiger partial charge is 0.0487 e. The lowest BCUT2D eigenvalue weighted by Gasteiger charge is -2.11. The van der Waals surface area contributed by atoms with Gasteiger partial charge in [-0.1, -0.05) is 47.5 Å². The minimum absolute atomic E-state index is 0.729. The fraction of sp³-hybridized carbons (Fsp3) is 0.333. The highest BCUT2D eigenvalue weighted by Crippen LogP contribution is 2.32. The second-order valence-electron chi connectivity index (χ2n) is 5.79. The normalized spacial score (nSPS) is 14.6. The number of hydrogen-bond donors (Lipinski definition) is 1. The Bertz CT molecular complexity index is 629. The Hall–Kier alpha value is -1.31. The molecule has 0 aliphatic heterocycles. The fourth-order valence-corrected chi connectivity index (χ4v) is 2.77. The van der Waals surface area contributed by atoms with E-state index in [0.29, 0.717) is 0 Å². The molecular weight excluding hydrogens is 266 g/mol. The molecule has 1 aliphatic carbocycles. The molecule has 0 bridgehead atoms. The number of aryl methyl sites for hydroxylation is 2. The molecule has 2 aromatic carbocycles. The molecule has 1 aliphatic rings. The van der Waals surface area contributed by atoms with Gasteiger partial charge in [-0.15, -0.1) is 0 Å². The van der Waals surface area contributed by atoms with Gasteiger partial charge in [-0.05, 0) is 49.4 Å². The summed E-state index contributed by atoms with van der Waals surface area (Å²) < 4.78 is 0. The van der Waals surface area contributed by atoms with E-state index in [1.807, 2.05) is 0 Å². The van der Waals surface area contributed by atoms with Crippen molar-refractivity contribution in [3.63, 3.8) is 0 Å². The molecule has 0 atom stereocenters. The Morgan fingerprint density at radius 2 is 1.85 bits per heavy atom. The first-order valence-corrected chi connectivity index (χ1v) is 7.61. The van der Waals surface area contributed by atoms with Crippen molar-refractivity contribution in [1.29, 1.82) is 0 Å². The zero-order valence-corrected chi connectivity index (χ0v) is 12.8. The summed E-state index contributed by atoms with van der Waals surface area (Å²) in [5, 5.41) is 4.36. The Balaban J connectivity index is 1.87.